The molecular formula is C24H29N3O4. The van der Waals surface area contributed by atoms with E-state index in [1.807, 2.05) is 39.0 Å². The summed E-state index contributed by atoms with van der Waals surface area (Å²) in [6, 6.07) is 11.1. The first kappa shape index (κ1) is 22.3. The maximum Gasteiger partial charge on any atom is 0.272 e. The molecule has 1 aromatic heterocycles. The minimum Gasteiger partial charge on any atom is -0.490 e. The predicted molar refractivity (Wildman–Crippen MR) is 121 cm³/mol. The van der Waals surface area contributed by atoms with Crippen molar-refractivity contribution in [3.63, 3.8) is 0 Å². The largest absolute Gasteiger partial charge is 0.490 e. The van der Waals surface area contributed by atoms with Gasteiger partial charge in [0.25, 0.3) is 11.5 Å². The first-order valence-corrected chi connectivity index (χ1v) is 10.7. The molecule has 31 heavy (non-hydrogen) atoms. The minimum atomic E-state index is -0.174. The van der Waals surface area contributed by atoms with E-state index in [1.54, 1.807) is 29.7 Å². The number of ether oxygens (including phenoxy) is 2. The molecule has 0 fully saturated rings. The van der Waals surface area contributed by atoms with E-state index in [9.17, 15) is 9.59 Å². The maximum absolute atomic E-state index is 12.6. The third kappa shape index (κ3) is 5.05. The van der Waals surface area contributed by atoms with Crippen LogP contribution >= 0.6 is 0 Å². The van der Waals surface area contributed by atoms with Crippen molar-refractivity contribution in [3.05, 3.63) is 63.6 Å². The zero-order valence-corrected chi connectivity index (χ0v) is 18.5. The highest BCUT2D eigenvalue weighted by Crippen LogP contribution is 2.28. The summed E-state index contributed by atoms with van der Waals surface area (Å²) in [6.07, 6.45) is 0.665. The Morgan fingerprint density at radius 1 is 1.03 bits per heavy atom. The number of carbonyl (C=O) groups excluding carboxylic acids is 1. The Labute approximate surface area is 182 Å². The van der Waals surface area contributed by atoms with Crippen molar-refractivity contribution >= 4 is 16.9 Å². The minimum absolute atomic E-state index is 0.103. The molecule has 1 heterocycles. The number of fused-ring (bicyclic) bond motifs is 1. The van der Waals surface area contributed by atoms with Crippen LogP contribution in [0.15, 0.2) is 41.2 Å². The second-order valence-electron chi connectivity index (χ2n) is 7.10. The molecule has 0 atom stereocenters. The summed E-state index contributed by atoms with van der Waals surface area (Å²) in [7, 11) is 0. The highest BCUT2D eigenvalue weighted by atomic mass is 16.5. The van der Waals surface area contributed by atoms with E-state index in [4.69, 9.17) is 9.47 Å². The van der Waals surface area contributed by atoms with Gasteiger partial charge in [0.1, 0.15) is 5.69 Å². The van der Waals surface area contributed by atoms with Crippen LogP contribution in [0.4, 0.5) is 0 Å². The molecule has 0 unspecified atom stereocenters. The molecule has 7 heteroatoms. The molecule has 164 valence electrons. The average molecular weight is 424 g/mol. The number of carbonyl (C=O) groups is 1. The predicted octanol–water partition coefficient (Wildman–Crippen LogP) is 3.49. The van der Waals surface area contributed by atoms with Gasteiger partial charge >= 0.3 is 0 Å². The lowest BCUT2D eigenvalue weighted by Crippen LogP contribution is -2.26. The molecule has 0 radical (unpaired) electrons. The summed E-state index contributed by atoms with van der Waals surface area (Å²) in [6.45, 7) is 9.64. The SMILES string of the molecule is CCOc1ccc(CCNC(=O)c2ccc3c(c2)nc(C)c(=O)n3CC)cc1OCC. The molecular weight excluding hydrogens is 394 g/mol. The van der Waals surface area contributed by atoms with Crippen molar-refractivity contribution in [1.29, 1.82) is 0 Å². The van der Waals surface area contributed by atoms with Crippen molar-refractivity contribution in [2.75, 3.05) is 19.8 Å². The van der Waals surface area contributed by atoms with Crippen LogP contribution < -0.4 is 20.3 Å². The van der Waals surface area contributed by atoms with Gasteiger partial charge in [0.2, 0.25) is 0 Å². The van der Waals surface area contributed by atoms with Gasteiger partial charge in [-0.2, -0.15) is 0 Å². The highest BCUT2D eigenvalue weighted by molar-refractivity contribution is 5.97. The van der Waals surface area contributed by atoms with Crippen LogP contribution in [0, 0.1) is 6.92 Å². The Hall–Kier alpha value is -3.35. The third-order valence-electron chi connectivity index (χ3n) is 4.99. The van der Waals surface area contributed by atoms with Crippen LogP contribution in [0.1, 0.15) is 42.4 Å². The fourth-order valence-electron chi connectivity index (χ4n) is 3.50. The van der Waals surface area contributed by atoms with E-state index in [2.05, 4.69) is 10.3 Å². The molecule has 0 saturated carbocycles. The third-order valence-corrected chi connectivity index (χ3v) is 4.99. The van der Waals surface area contributed by atoms with E-state index in [-0.39, 0.29) is 11.5 Å². The van der Waals surface area contributed by atoms with E-state index < -0.39 is 0 Å². The number of rotatable bonds is 9. The monoisotopic (exact) mass is 423 g/mol. The first-order chi connectivity index (χ1) is 15.0. The zero-order chi connectivity index (χ0) is 22.4. The lowest BCUT2D eigenvalue weighted by molar-refractivity contribution is 0.0954. The van der Waals surface area contributed by atoms with Crippen molar-refractivity contribution in [2.45, 2.75) is 40.7 Å². The molecule has 0 aliphatic rings. The molecule has 0 aliphatic heterocycles. The number of aryl methyl sites for hydroxylation is 2. The van der Waals surface area contributed by atoms with Crippen LogP contribution in [0.5, 0.6) is 11.5 Å². The summed E-state index contributed by atoms with van der Waals surface area (Å²) in [4.78, 5) is 29.2. The molecule has 3 rings (SSSR count). The van der Waals surface area contributed by atoms with Crippen LogP contribution in [0.3, 0.4) is 0 Å². The van der Waals surface area contributed by atoms with Gasteiger partial charge in [0.15, 0.2) is 11.5 Å². The number of hydrogen-bond acceptors (Lipinski definition) is 5. The van der Waals surface area contributed by atoms with Gasteiger partial charge in [-0.15, -0.1) is 0 Å². The van der Waals surface area contributed by atoms with Crippen LogP contribution in [-0.4, -0.2) is 35.2 Å². The first-order valence-electron chi connectivity index (χ1n) is 10.7. The standard InChI is InChI=1S/C24H29N3O4/c1-5-27-20-10-9-18(15-19(20)26-16(4)24(27)29)23(28)25-13-12-17-8-11-21(30-6-2)22(14-17)31-7-3/h8-11,14-15H,5-7,12-13H2,1-4H3,(H,25,28). The van der Waals surface area contributed by atoms with Gasteiger partial charge in [-0.3, -0.25) is 9.59 Å². The molecule has 0 aliphatic carbocycles. The molecule has 0 bridgehead atoms. The summed E-state index contributed by atoms with van der Waals surface area (Å²) >= 11 is 0. The molecule has 0 saturated heterocycles. The number of amides is 1. The Bertz CT molecular complexity index is 1140. The van der Waals surface area contributed by atoms with E-state index in [0.717, 1.165) is 16.8 Å². The van der Waals surface area contributed by atoms with E-state index in [0.29, 0.717) is 55.2 Å². The number of hydrogen-bond donors (Lipinski definition) is 1. The number of aromatic nitrogens is 2. The Morgan fingerprint density at radius 2 is 1.77 bits per heavy atom. The topological polar surface area (TPSA) is 82.5 Å². The molecule has 1 amide bonds. The Kier molecular flexibility index (Phi) is 7.28. The van der Waals surface area contributed by atoms with Crippen LogP contribution in [-0.2, 0) is 13.0 Å². The Morgan fingerprint density at radius 3 is 2.48 bits per heavy atom. The van der Waals surface area contributed by atoms with E-state index >= 15 is 0 Å². The van der Waals surface area contributed by atoms with Gasteiger partial charge < -0.3 is 19.4 Å². The summed E-state index contributed by atoms with van der Waals surface area (Å²) in [5.41, 5.74) is 3.26. The number of nitrogens with zero attached hydrogens (tertiary/aromatic N) is 2. The smallest absolute Gasteiger partial charge is 0.272 e. The van der Waals surface area contributed by atoms with Gasteiger partial charge in [-0.1, -0.05) is 6.07 Å². The van der Waals surface area contributed by atoms with E-state index in [1.165, 1.54) is 0 Å². The summed E-state index contributed by atoms with van der Waals surface area (Å²) in [5.74, 6) is 1.26. The van der Waals surface area contributed by atoms with Gasteiger partial charge in [0.05, 0.1) is 24.2 Å². The highest BCUT2D eigenvalue weighted by Gasteiger charge is 2.12. The molecule has 3 aromatic rings. The normalized spacial score (nSPS) is 10.8. The average Bonchev–Trinajstić information content (AvgIpc) is 2.76. The number of benzene rings is 2. The van der Waals surface area contributed by atoms with Gasteiger partial charge in [-0.25, -0.2) is 4.98 Å². The van der Waals surface area contributed by atoms with Gasteiger partial charge in [-0.05, 0) is 70.0 Å². The molecule has 2 aromatic carbocycles. The fourth-order valence-corrected chi connectivity index (χ4v) is 3.50. The van der Waals surface area contributed by atoms with Crippen LogP contribution in [0.25, 0.3) is 11.0 Å². The van der Waals surface area contributed by atoms with Crippen molar-refractivity contribution in [3.8, 4) is 11.5 Å². The second-order valence-corrected chi connectivity index (χ2v) is 7.10. The summed E-state index contributed by atoms with van der Waals surface area (Å²) < 4.78 is 12.9. The van der Waals surface area contributed by atoms with Crippen molar-refractivity contribution in [2.24, 2.45) is 0 Å². The quantitative estimate of drug-likeness (QED) is 0.570. The number of nitrogens with one attached hydrogen (secondary N) is 1. The molecule has 1 N–H and O–H groups in total. The van der Waals surface area contributed by atoms with Gasteiger partial charge in [0, 0.05) is 18.7 Å². The molecule has 7 nitrogen and oxygen atoms in total. The fraction of sp³-hybridized carbons (Fsp3) is 0.375. The lowest BCUT2D eigenvalue weighted by Gasteiger charge is -2.13. The zero-order valence-electron chi connectivity index (χ0n) is 18.5. The molecule has 0 spiro atoms. The Balaban J connectivity index is 1.70. The van der Waals surface area contributed by atoms with Crippen LogP contribution in [0.2, 0.25) is 0 Å². The van der Waals surface area contributed by atoms with Crippen molar-refractivity contribution in [1.82, 2.24) is 14.9 Å². The van der Waals surface area contributed by atoms with Crippen molar-refractivity contribution < 1.29 is 14.3 Å². The summed E-state index contributed by atoms with van der Waals surface area (Å²) in [5, 5.41) is 2.95. The second kappa shape index (κ2) is 10.1. The maximum atomic E-state index is 12.6. The lowest BCUT2D eigenvalue weighted by atomic mass is 10.1.